The van der Waals surface area contributed by atoms with E-state index in [1.54, 1.807) is 0 Å². The van der Waals surface area contributed by atoms with Gasteiger partial charge in [-0.05, 0) is 31.6 Å². The molecule has 0 unspecified atom stereocenters. The molecule has 0 saturated heterocycles. The van der Waals surface area contributed by atoms with Gasteiger partial charge in [-0.3, -0.25) is 9.48 Å². The van der Waals surface area contributed by atoms with Gasteiger partial charge >= 0.3 is 0 Å². The molecule has 1 aliphatic rings. The summed E-state index contributed by atoms with van der Waals surface area (Å²) in [6, 6.07) is 0. The number of carbonyl (C=O) groups is 1. The molecule has 1 aromatic rings. The van der Waals surface area contributed by atoms with Crippen molar-refractivity contribution in [2.45, 2.75) is 46.1 Å². The Bertz CT molecular complexity index is 364. The maximum atomic E-state index is 11.0. The van der Waals surface area contributed by atoms with Crippen molar-refractivity contribution >= 4 is 6.29 Å². The zero-order chi connectivity index (χ0) is 10.8. The normalized spacial score (nSPS) is 15.6. The summed E-state index contributed by atoms with van der Waals surface area (Å²) in [4.78, 5) is 11.0. The minimum atomic E-state index is 0.805. The highest BCUT2D eigenvalue weighted by atomic mass is 16.1. The Morgan fingerprint density at radius 1 is 1.40 bits per heavy atom. The van der Waals surface area contributed by atoms with E-state index in [0.29, 0.717) is 0 Å². The molecular formula is C12H18N2O. The lowest BCUT2D eigenvalue weighted by molar-refractivity contribution is 0.112. The van der Waals surface area contributed by atoms with Gasteiger partial charge in [0.2, 0.25) is 0 Å². The number of aromatic nitrogens is 2. The lowest BCUT2D eigenvalue weighted by atomic mass is 10.1. The van der Waals surface area contributed by atoms with Gasteiger partial charge in [-0.15, -0.1) is 0 Å². The molecule has 15 heavy (non-hydrogen) atoms. The molecule has 0 aliphatic heterocycles. The third-order valence-corrected chi connectivity index (χ3v) is 3.09. The van der Waals surface area contributed by atoms with Crippen molar-refractivity contribution < 1.29 is 4.79 Å². The van der Waals surface area contributed by atoms with E-state index < -0.39 is 0 Å². The molecule has 1 saturated carbocycles. The molecule has 0 aromatic carbocycles. The van der Waals surface area contributed by atoms with E-state index in [9.17, 15) is 4.79 Å². The maximum Gasteiger partial charge on any atom is 0.153 e. The topological polar surface area (TPSA) is 34.9 Å². The highest BCUT2D eigenvalue weighted by Gasteiger charge is 2.24. The van der Waals surface area contributed by atoms with Crippen LogP contribution in [0.3, 0.4) is 0 Å². The molecule has 1 heterocycles. The number of hydrogen-bond donors (Lipinski definition) is 0. The van der Waals surface area contributed by atoms with Crippen molar-refractivity contribution in [2.75, 3.05) is 0 Å². The predicted octanol–water partition coefficient (Wildman–Crippen LogP) is 2.23. The lowest BCUT2D eigenvalue weighted by Crippen LogP contribution is -2.06. The van der Waals surface area contributed by atoms with Crippen LogP contribution in [0.15, 0.2) is 0 Å². The molecule has 3 nitrogen and oxygen atoms in total. The number of carbonyl (C=O) groups excluding carboxylic acids is 1. The number of aryl methyl sites for hydroxylation is 1. The van der Waals surface area contributed by atoms with Gasteiger partial charge in [0.15, 0.2) is 6.29 Å². The van der Waals surface area contributed by atoms with Gasteiger partial charge < -0.3 is 0 Å². The van der Waals surface area contributed by atoms with E-state index >= 15 is 0 Å². The second-order valence-corrected chi connectivity index (χ2v) is 4.26. The average Bonchev–Trinajstić information content (AvgIpc) is 2.98. The Morgan fingerprint density at radius 2 is 2.13 bits per heavy atom. The van der Waals surface area contributed by atoms with Crippen LogP contribution < -0.4 is 0 Å². The van der Waals surface area contributed by atoms with E-state index in [1.165, 1.54) is 12.8 Å². The van der Waals surface area contributed by atoms with Gasteiger partial charge in [-0.25, -0.2) is 0 Å². The van der Waals surface area contributed by atoms with E-state index in [1.807, 2.05) is 0 Å². The predicted molar refractivity (Wildman–Crippen MR) is 59.1 cm³/mol. The Kier molecular flexibility index (Phi) is 2.89. The van der Waals surface area contributed by atoms with Crippen LogP contribution in [-0.4, -0.2) is 16.1 Å². The largest absolute Gasteiger partial charge is 0.298 e. The number of rotatable bonds is 5. The molecule has 1 aromatic heterocycles. The van der Waals surface area contributed by atoms with E-state index in [2.05, 4.69) is 23.6 Å². The molecule has 0 spiro atoms. The van der Waals surface area contributed by atoms with Crippen molar-refractivity contribution in [3.8, 4) is 0 Å². The van der Waals surface area contributed by atoms with Crippen molar-refractivity contribution in [3.63, 3.8) is 0 Å². The Morgan fingerprint density at radius 3 is 2.60 bits per heavy atom. The van der Waals surface area contributed by atoms with Crippen LogP contribution in [-0.2, 0) is 19.4 Å². The molecule has 82 valence electrons. The van der Waals surface area contributed by atoms with Crippen molar-refractivity contribution in [3.05, 3.63) is 17.0 Å². The van der Waals surface area contributed by atoms with Gasteiger partial charge in [0.25, 0.3) is 0 Å². The van der Waals surface area contributed by atoms with Crippen LogP contribution in [0.1, 0.15) is 48.4 Å². The SMILES string of the molecule is CCc1nn(CC2CC2)c(CC)c1C=O. The highest BCUT2D eigenvalue weighted by Crippen LogP contribution is 2.31. The average molecular weight is 206 g/mol. The molecular weight excluding hydrogens is 188 g/mol. The third-order valence-electron chi connectivity index (χ3n) is 3.09. The molecule has 0 radical (unpaired) electrons. The molecule has 0 amide bonds. The zero-order valence-corrected chi connectivity index (χ0v) is 9.49. The third kappa shape index (κ3) is 1.96. The van der Waals surface area contributed by atoms with Crippen LogP contribution in [0.25, 0.3) is 0 Å². The monoisotopic (exact) mass is 206 g/mol. The van der Waals surface area contributed by atoms with Crippen LogP contribution in [0.5, 0.6) is 0 Å². The van der Waals surface area contributed by atoms with Crippen LogP contribution in [0.4, 0.5) is 0 Å². The summed E-state index contributed by atoms with van der Waals surface area (Å²) in [5.41, 5.74) is 2.91. The van der Waals surface area contributed by atoms with Crippen LogP contribution in [0.2, 0.25) is 0 Å². The Balaban J connectivity index is 2.33. The minimum absolute atomic E-state index is 0.805. The molecule has 2 rings (SSSR count). The smallest absolute Gasteiger partial charge is 0.153 e. The van der Waals surface area contributed by atoms with Gasteiger partial charge in [-0.2, -0.15) is 5.10 Å². The fourth-order valence-electron chi connectivity index (χ4n) is 2.03. The van der Waals surface area contributed by atoms with E-state index in [-0.39, 0.29) is 0 Å². The second kappa shape index (κ2) is 4.17. The molecule has 3 heteroatoms. The van der Waals surface area contributed by atoms with Gasteiger partial charge in [0, 0.05) is 12.2 Å². The molecule has 0 N–H and O–H groups in total. The van der Waals surface area contributed by atoms with Crippen molar-refractivity contribution in [2.24, 2.45) is 5.92 Å². The van der Waals surface area contributed by atoms with E-state index in [4.69, 9.17) is 0 Å². The van der Waals surface area contributed by atoms with Crippen LogP contribution in [0, 0.1) is 5.92 Å². The van der Waals surface area contributed by atoms with Gasteiger partial charge in [0.05, 0.1) is 11.3 Å². The summed E-state index contributed by atoms with van der Waals surface area (Å²) in [6.45, 7) is 5.15. The number of hydrogen-bond acceptors (Lipinski definition) is 2. The molecule has 0 atom stereocenters. The van der Waals surface area contributed by atoms with Crippen molar-refractivity contribution in [1.29, 1.82) is 0 Å². The minimum Gasteiger partial charge on any atom is -0.298 e. The fraction of sp³-hybridized carbons (Fsp3) is 0.667. The first-order valence-corrected chi connectivity index (χ1v) is 5.83. The van der Waals surface area contributed by atoms with Crippen molar-refractivity contribution in [1.82, 2.24) is 9.78 Å². The standard InChI is InChI=1S/C12H18N2O/c1-3-11-10(8-15)12(4-2)14(13-11)7-9-5-6-9/h8-9H,3-7H2,1-2H3. The quantitative estimate of drug-likeness (QED) is 0.692. The molecule has 0 bridgehead atoms. The summed E-state index contributed by atoms with van der Waals surface area (Å²) in [5, 5.41) is 4.54. The number of nitrogens with zero attached hydrogens (tertiary/aromatic N) is 2. The Labute approximate surface area is 90.5 Å². The summed E-state index contributed by atoms with van der Waals surface area (Å²) < 4.78 is 2.06. The Hall–Kier alpha value is -1.12. The lowest BCUT2D eigenvalue weighted by Gasteiger charge is -2.04. The summed E-state index contributed by atoms with van der Waals surface area (Å²) >= 11 is 0. The number of aldehydes is 1. The zero-order valence-electron chi connectivity index (χ0n) is 9.49. The van der Waals surface area contributed by atoms with Gasteiger partial charge in [0.1, 0.15) is 0 Å². The first kappa shape index (κ1) is 10.4. The highest BCUT2D eigenvalue weighted by molar-refractivity contribution is 5.78. The summed E-state index contributed by atoms with van der Waals surface area (Å²) in [6.07, 6.45) is 5.35. The molecule has 1 aliphatic carbocycles. The second-order valence-electron chi connectivity index (χ2n) is 4.26. The fourth-order valence-corrected chi connectivity index (χ4v) is 2.03. The summed E-state index contributed by atoms with van der Waals surface area (Å²) in [5.74, 6) is 0.805. The summed E-state index contributed by atoms with van der Waals surface area (Å²) in [7, 11) is 0. The first-order valence-electron chi connectivity index (χ1n) is 5.83. The molecule has 1 fully saturated rings. The maximum absolute atomic E-state index is 11.0. The van der Waals surface area contributed by atoms with Crippen LogP contribution >= 0.6 is 0 Å². The van der Waals surface area contributed by atoms with Gasteiger partial charge in [-0.1, -0.05) is 13.8 Å². The first-order chi connectivity index (χ1) is 7.30. The van der Waals surface area contributed by atoms with E-state index in [0.717, 1.165) is 48.5 Å².